The van der Waals surface area contributed by atoms with Gasteiger partial charge in [0.2, 0.25) is 15.9 Å². The molecule has 0 spiro atoms. The van der Waals surface area contributed by atoms with Gasteiger partial charge in [0.15, 0.2) is 0 Å². The van der Waals surface area contributed by atoms with Gasteiger partial charge in [-0.1, -0.05) is 61.9 Å². The molecule has 0 saturated carbocycles. The Kier molecular flexibility index (Phi) is 7.22. The summed E-state index contributed by atoms with van der Waals surface area (Å²) in [5.41, 5.74) is 2.19. The van der Waals surface area contributed by atoms with Gasteiger partial charge in [-0.05, 0) is 56.2 Å². The van der Waals surface area contributed by atoms with Crippen molar-refractivity contribution >= 4 is 15.9 Å². The van der Waals surface area contributed by atoms with Gasteiger partial charge in [0.1, 0.15) is 0 Å². The lowest BCUT2D eigenvalue weighted by Crippen LogP contribution is -2.47. The van der Waals surface area contributed by atoms with E-state index in [-0.39, 0.29) is 34.7 Å². The highest BCUT2D eigenvalue weighted by molar-refractivity contribution is 7.89. The number of rotatable bonds is 7. The van der Waals surface area contributed by atoms with Gasteiger partial charge >= 0.3 is 0 Å². The lowest BCUT2D eigenvalue weighted by Gasteiger charge is -2.33. The second-order valence-electron chi connectivity index (χ2n) is 9.38. The third kappa shape index (κ3) is 5.74. The second kappa shape index (κ2) is 9.53. The van der Waals surface area contributed by atoms with Crippen molar-refractivity contribution in [3.63, 3.8) is 0 Å². The number of piperidine rings is 1. The fraction of sp³-hybridized carbons (Fsp3) is 0.480. The summed E-state index contributed by atoms with van der Waals surface area (Å²) in [6.07, 6.45) is 2.20. The molecular weight excluding hydrogens is 408 g/mol. The zero-order chi connectivity index (χ0) is 22.6. The van der Waals surface area contributed by atoms with Crippen LogP contribution in [-0.4, -0.2) is 37.8 Å². The highest BCUT2D eigenvalue weighted by Crippen LogP contribution is 2.29. The van der Waals surface area contributed by atoms with Crippen molar-refractivity contribution in [3.8, 4) is 0 Å². The van der Waals surface area contributed by atoms with Crippen LogP contribution in [0.25, 0.3) is 0 Å². The number of hydrogen-bond donors (Lipinski definition) is 1. The van der Waals surface area contributed by atoms with E-state index in [1.54, 1.807) is 24.3 Å². The minimum atomic E-state index is -3.59. The number of nitrogens with one attached hydrogen (secondary N) is 1. The van der Waals surface area contributed by atoms with Gasteiger partial charge in [0.05, 0.1) is 10.8 Å². The monoisotopic (exact) mass is 442 g/mol. The molecule has 1 aliphatic rings. The predicted molar refractivity (Wildman–Crippen MR) is 124 cm³/mol. The maximum atomic E-state index is 13.0. The highest BCUT2D eigenvalue weighted by Gasteiger charge is 2.34. The van der Waals surface area contributed by atoms with Crippen molar-refractivity contribution in [2.24, 2.45) is 5.92 Å². The maximum absolute atomic E-state index is 13.0. The summed E-state index contributed by atoms with van der Waals surface area (Å²) in [7, 11) is -3.59. The Balaban J connectivity index is 1.62. The molecule has 1 heterocycles. The van der Waals surface area contributed by atoms with E-state index >= 15 is 0 Å². The van der Waals surface area contributed by atoms with Crippen LogP contribution in [0.5, 0.6) is 0 Å². The Hall–Kier alpha value is -2.18. The molecule has 3 rings (SSSR count). The van der Waals surface area contributed by atoms with Crippen LogP contribution in [-0.2, 0) is 20.2 Å². The van der Waals surface area contributed by atoms with Crippen LogP contribution < -0.4 is 5.32 Å². The minimum Gasteiger partial charge on any atom is -0.353 e. The normalized spacial score (nSPS) is 19.0. The standard InChI is InChI=1S/C25H34N2O3S/c1-19-12-14-23(15-13-19)31(29,30)27-16-8-9-21(18-27)24(28)26-20(2)17-25(3,4)22-10-6-5-7-11-22/h5-7,10-15,20-21H,8-9,16-18H2,1-4H3,(H,26,28)/t20-,21-/m1/s1. The molecule has 0 radical (unpaired) electrons. The third-order valence-corrected chi connectivity index (χ3v) is 8.05. The van der Waals surface area contributed by atoms with Gasteiger partial charge in [0.25, 0.3) is 0 Å². The fourth-order valence-electron chi connectivity index (χ4n) is 4.42. The molecule has 1 amide bonds. The fourth-order valence-corrected chi connectivity index (χ4v) is 5.94. The van der Waals surface area contributed by atoms with Crippen molar-refractivity contribution in [3.05, 3.63) is 65.7 Å². The van der Waals surface area contributed by atoms with E-state index < -0.39 is 10.0 Å². The van der Waals surface area contributed by atoms with Crippen LogP contribution in [0.3, 0.4) is 0 Å². The van der Waals surface area contributed by atoms with Crippen LogP contribution in [0.1, 0.15) is 51.2 Å². The molecule has 2 aromatic carbocycles. The number of nitrogens with zero attached hydrogens (tertiary/aromatic N) is 1. The van der Waals surface area contributed by atoms with Crippen molar-refractivity contribution in [2.75, 3.05) is 13.1 Å². The average Bonchev–Trinajstić information content (AvgIpc) is 2.74. The molecule has 31 heavy (non-hydrogen) atoms. The molecule has 6 heteroatoms. The van der Waals surface area contributed by atoms with E-state index in [1.165, 1.54) is 9.87 Å². The van der Waals surface area contributed by atoms with Crippen LogP contribution in [0.15, 0.2) is 59.5 Å². The summed E-state index contributed by atoms with van der Waals surface area (Å²) in [5, 5.41) is 3.13. The van der Waals surface area contributed by atoms with E-state index in [1.807, 2.05) is 32.0 Å². The summed E-state index contributed by atoms with van der Waals surface area (Å²) < 4.78 is 27.5. The van der Waals surface area contributed by atoms with E-state index in [0.29, 0.717) is 19.4 Å². The van der Waals surface area contributed by atoms with Crippen LogP contribution >= 0.6 is 0 Å². The number of carbonyl (C=O) groups is 1. The quantitative estimate of drug-likeness (QED) is 0.696. The third-order valence-electron chi connectivity index (χ3n) is 6.17. The predicted octanol–water partition coefficient (Wildman–Crippen LogP) is 4.27. The van der Waals surface area contributed by atoms with Crippen LogP contribution in [0, 0.1) is 12.8 Å². The number of amides is 1. The Labute approximate surface area is 186 Å². The SMILES string of the molecule is Cc1ccc(S(=O)(=O)N2CCC[C@@H](C(=O)N[C@H](C)CC(C)(C)c3ccccc3)C2)cc1. The molecule has 0 aromatic heterocycles. The minimum absolute atomic E-state index is 0.00760. The lowest BCUT2D eigenvalue weighted by molar-refractivity contribution is -0.126. The first kappa shape index (κ1) is 23.5. The second-order valence-corrected chi connectivity index (χ2v) is 11.3. The molecular formula is C25H34N2O3S. The first-order valence-electron chi connectivity index (χ1n) is 11.0. The van der Waals surface area contributed by atoms with E-state index in [0.717, 1.165) is 12.0 Å². The summed E-state index contributed by atoms with van der Waals surface area (Å²) in [6, 6.07) is 17.2. The number of sulfonamides is 1. The van der Waals surface area contributed by atoms with E-state index in [2.05, 4.69) is 31.3 Å². The molecule has 168 valence electrons. The summed E-state index contributed by atoms with van der Waals surface area (Å²) >= 11 is 0. The van der Waals surface area contributed by atoms with Crippen molar-refractivity contribution in [1.82, 2.24) is 9.62 Å². The average molecular weight is 443 g/mol. The zero-order valence-corrected chi connectivity index (χ0v) is 19.8. The van der Waals surface area contributed by atoms with Gasteiger partial charge in [-0.25, -0.2) is 8.42 Å². The van der Waals surface area contributed by atoms with Crippen molar-refractivity contribution in [2.45, 2.75) is 63.3 Å². The Morgan fingerprint density at radius 3 is 2.42 bits per heavy atom. The molecule has 1 saturated heterocycles. The van der Waals surface area contributed by atoms with E-state index in [4.69, 9.17) is 0 Å². The molecule has 2 aromatic rings. The maximum Gasteiger partial charge on any atom is 0.243 e. The number of benzene rings is 2. The summed E-state index contributed by atoms with van der Waals surface area (Å²) in [6.45, 7) is 9.00. The van der Waals surface area contributed by atoms with Gasteiger partial charge in [-0.3, -0.25) is 4.79 Å². The number of carbonyl (C=O) groups excluding carboxylic acids is 1. The Morgan fingerprint density at radius 2 is 1.77 bits per heavy atom. The van der Waals surface area contributed by atoms with Gasteiger partial charge in [-0.15, -0.1) is 0 Å². The molecule has 1 N–H and O–H groups in total. The molecule has 5 nitrogen and oxygen atoms in total. The first-order chi connectivity index (χ1) is 14.6. The molecule has 0 bridgehead atoms. The largest absolute Gasteiger partial charge is 0.353 e. The zero-order valence-electron chi connectivity index (χ0n) is 19.0. The van der Waals surface area contributed by atoms with E-state index in [9.17, 15) is 13.2 Å². The number of hydrogen-bond acceptors (Lipinski definition) is 3. The van der Waals surface area contributed by atoms with Crippen molar-refractivity contribution < 1.29 is 13.2 Å². The molecule has 1 aliphatic heterocycles. The summed E-state index contributed by atoms with van der Waals surface area (Å²) in [4.78, 5) is 13.2. The highest BCUT2D eigenvalue weighted by atomic mass is 32.2. The smallest absolute Gasteiger partial charge is 0.243 e. The van der Waals surface area contributed by atoms with Crippen molar-refractivity contribution in [1.29, 1.82) is 0 Å². The topological polar surface area (TPSA) is 66.5 Å². The Bertz CT molecular complexity index is 985. The molecule has 2 atom stereocenters. The lowest BCUT2D eigenvalue weighted by atomic mass is 9.79. The van der Waals surface area contributed by atoms with Crippen LogP contribution in [0.2, 0.25) is 0 Å². The Morgan fingerprint density at radius 1 is 1.13 bits per heavy atom. The van der Waals surface area contributed by atoms with Gasteiger partial charge in [0, 0.05) is 19.1 Å². The summed E-state index contributed by atoms with van der Waals surface area (Å²) in [5.74, 6) is -0.378. The molecule has 1 fully saturated rings. The van der Waals surface area contributed by atoms with Gasteiger partial charge < -0.3 is 5.32 Å². The van der Waals surface area contributed by atoms with Gasteiger partial charge in [-0.2, -0.15) is 4.31 Å². The number of aryl methyl sites for hydroxylation is 1. The van der Waals surface area contributed by atoms with Crippen LogP contribution in [0.4, 0.5) is 0 Å². The first-order valence-corrected chi connectivity index (χ1v) is 12.5. The molecule has 0 aliphatic carbocycles. The molecule has 0 unspecified atom stereocenters.